The Hall–Kier alpha value is -1.71. The largest absolute Gasteiger partial charge is 1.00 e. The predicted molar refractivity (Wildman–Crippen MR) is 106 cm³/mol. The standard InChI is InChI=1S/C18H19FN4O5S2.HI/c1-7-11(14(18(27)28)23-13(7)12(8(2)24)15(23)26)9-3-21-6-22(4-10(20)25)16(29-5-19)17(21)30-9;/h3,6-8,12-13,24H,4-5H2,1-2H3,(H2-,20,25,27,28);1H/t7-,8+,12+,13+;/m0./s1. The third-order valence-corrected chi connectivity index (χ3v) is 7.64. The smallest absolute Gasteiger partial charge is 0.352 e. The Labute approximate surface area is 201 Å². The molecule has 0 saturated carbocycles. The number of fused-ring (bicyclic) bond motifs is 2. The van der Waals surface area contributed by atoms with E-state index in [2.05, 4.69) is 0 Å². The topological polar surface area (TPSA) is 130 Å². The highest BCUT2D eigenvalue weighted by atomic mass is 127. The number of β-lactam (4-membered cyclic amide) rings is 1. The van der Waals surface area contributed by atoms with Crippen LogP contribution in [0.1, 0.15) is 18.7 Å². The number of alkyl halides is 1. The third-order valence-electron chi connectivity index (χ3n) is 5.56. The fraction of sp³-hybridized carbons (Fsp3) is 0.444. The molecule has 31 heavy (non-hydrogen) atoms. The lowest BCUT2D eigenvalue weighted by Crippen LogP contribution is -3.00. The number of nitrogens with zero attached hydrogens (tertiary/aromatic N) is 3. The number of aliphatic hydroxyl groups excluding tert-OH is 1. The molecule has 0 radical (unpaired) electrons. The van der Waals surface area contributed by atoms with Gasteiger partial charge in [0.15, 0.2) is 6.54 Å². The number of thiazole rings is 1. The minimum atomic E-state index is -1.21. The Morgan fingerprint density at radius 1 is 1.45 bits per heavy atom. The number of thioether (sulfide) groups is 1. The molecule has 1 saturated heterocycles. The van der Waals surface area contributed by atoms with E-state index in [4.69, 9.17) is 5.73 Å². The van der Waals surface area contributed by atoms with Crippen LogP contribution in [0.2, 0.25) is 0 Å². The number of rotatable bonds is 7. The summed E-state index contributed by atoms with van der Waals surface area (Å²) in [5.74, 6) is -3.12. The molecule has 4 atom stereocenters. The van der Waals surface area contributed by atoms with Gasteiger partial charge in [-0.3, -0.25) is 9.59 Å². The number of primary amides is 1. The van der Waals surface area contributed by atoms with Crippen molar-refractivity contribution in [3.05, 3.63) is 23.1 Å². The number of carbonyl (C=O) groups is 3. The fourth-order valence-corrected chi connectivity index (χ4v) is 6.52. The molecule has 168 valence electrons. The highest BCUT2D eigenvalue weighted by Crippen LogP contribution is 2.51. The van der Waals surface area contributed by atoms with Crippen molar-refractivity contribution in [3.8, 4) is 0 Å². The molecule has 1 fully saturated rings. The lowest BCUT2D eigenvalue weighted by Gasteiger charge is -2.46. The highest BCUT2D eigenvalue weighted by Gasteiger charge is 2.60. The molecule has 2 aromatic heterocycles. The molecular weight excluding hydrogens is 562 g/mol. The molecule has 0 aromatic carbocycles. The number of imidazole rings is 1. The van der Waals surface area contributed by atoms with Crippen LogP contribution in [0.25, 0.3) is 10.4 Å². The van der Waals surface area contributed by atoms with Gasteiger partial charge in [0, 0.05) is 11.5 Å². The summed E-state index contributed by atoms with van der Waals surface area (Å²) in [6.45, 7) is 3.26. The Kier molecular flexibility index (Phi) is 6.70. The summed E-state index contributed by atoms with van der Waals surface area (Å²) >= 11 is 2.17. The number of nitrogens with two attached hydrogens (primary N) is 1. The Morgan fingerprint density at radius 2 is 2.13 bits per heavy atom. The van der Waals surface area contributed by atoms with E-state index in [-0.39, 0.29) is 42.1 Å². The van der Waals surface area contributed by atoms with Crippen molar-refractivity contribution in [1.29, 1.82) is 0 Å². The molecule has 9 nitrogen and oxygen atoms in total. The van der Waals surface area contributed by atoms with Gasteiger partial charge in [-0.2, -0.15) is 4.40 Å². The van der Waals surface area contributed by atoms with E-state index >= 15 is 0 Å². The first-order valence-corrected chi connectivity index (χ1v) is 11.0. The Morgan fingerprint density at radius 3 is 2.68 bits per heavy atom. The maximum Gasteiger partial charge on any atom is 0.352 e. The molecule has 4 heterocycles. The van der Waals surface area contributed by atoms with E-state index in [1.807, 2.05) is 6.92 Å². The van der Waals surface area contributed by atoms with Crippen molar-refractivity contribution in [1.82, 2.24) is 9.47 Å². The summed E-state index contributed by atoms with van der Waals surface area (Å²) in [5, 5.41) is 20.3. The average molecular weight is 582 g/mol. The molecule has 4 rings (SSSR count). The number of carbonyl (C=O) groups excluding carboxylic acids is 2. The zero-order valence-corrected chi connectivity index (χ0v) is 20.3. The third kappa shape index (κ3) is 3.64. The number of halogens is 2. The van der Waals surface area contributed by atoms with Crippen LogP contribution >= 0.6 is 23.1 Å². The van der Waals surface area contributed by atoms with Crippen LogP contribution in [0.3, 0.4) is 0 Å². The Bertz CT molecular complexity index is 1110. The summed E-state index contributed by atoms with van der Waals surface area (Å²) in [6.07, 6.45) is 2.44. The first kappa shape index (κ1) is 23.9. The second-order valence-electron chi connectivity index (χ2n) is 7.40. The van der Waals surface area contributed by atoms with E-state index in [0.717, 1.165) is 11.8 Å². The molecule has 13 heteroatoms. The number of aliphatic hydroxyl groups is 1. The predicted octanol–water partition coefficient (Wildman–Crippen LogP) is -2.55. The van der Waals surface area contributed by atoms with Crippen LogP contribution in [0.15, 0.2) is 23.2 Å². The number of carboxylic acids is 1. The molecule has 0 aliphatic carbocycles. The van der Waals surface area contributed by atoms with Gasteiger partial charge in [0.2, 0.25) is 15.8 Å². The van der Waals surface area contributed by atoms with Crippen LogP contribution in [0.5, 0.6) is 0 Å². The van der Waals surface area contributed by atoms with Gasteiger partial charge in [0.1, 0.15) is 17.9 Å². The van der Waals surface area contributed by atoms with Crippen LogP contribution in [0, 0.1) is 11.8 Å². The molecule has 2 aromatic rings. The van der Waals surface area contributed by atoms with E-state index in [9.17, 15) is 29.0 Å². The maximum atomic E-state index is 13.1. The average Bonchev–Trinajstić information content (AvgIpc) is 3.24. The molecule has 0 spiro atoms. The van der Waals surface area contributed by atoms with Crippen LogP contribution < -0.4 is 34.1 Å². The quantitative estimate of drug-likeness (QED) is 0.143. The highest BCUT2D eigenvalue weighted by molar-refractivity contribution is 7.99. The van der Waals surface area contributed by atoms with Crippen molar-refractivity contribution in [2.24, 2.45) is 17.6 Å². The SMILES string of the molecule is C[C@@H](O)[C@H]1C(=O)N2C(C(=O)O)=C(c3c[n+]4cn(CC(N)=O)c(SCF)c4s3)[C@H](C)[C@H]12.[I-]. The van der Waals surface area contributed by atoms with E-state index < -0.39 is 41.9 Å². The monoisotopic (exact) mass is 582 g/mol. The lowest BCUT2D eigenvalue weighted by molar-refractivity contribution is -0.508. The number of aliphatic carboxylic acids is 1. The van der Waals surface area contributed by atoms with Gasteiger partial charge in [-0.15, -0.1) is 0 Å². The van der Waals surface area contributed by atoms with Crippen LogP contribution in [-0.4, -0.2) is 55.6 Å². The van der Waals surface area contributed by atoms with Gasteiger partial charge >= 0.3 is 5.97 Å². The van der Waals surface area contributed by atoms with Crippen molar-refractivity contribution < 1.29 is 57.4 Å². The summed E-state index contributed by atoms with van der Waals surface area (Å²) in [4.78, 5) is 38.4. The molecule has 0 bridgehead atoms. The van der Waals surface area contributed by atoms with Gasteiger partial charge in [-0.25, -0.2) is 13.8 Å². The van der Waals surface area contributed by atoms with Gasteiger partial charge < -0.3 is 44.8 Å². The van der Waals surface area contributed by atoms with Crippen LogP contribution in [0.4, 0.5) is 4.39 Å². The van der Waals surface area contributed by atoms with Gasteiger partial charge in [0.05, 0.1) is 22.9 Å². The molecule has 2 aliphatic heterocycles. The van der Waals surface area contributed by atoms with E-state index in [0.29, 0.717) is 20.3 Å². The summed E-state index contributed by atoms with van der Waals surface area (Å²) in [6, 6.07) is -1.12. The lowest BCUT2D eigenvalue weighted by atomic mass is 9.77. The number of aromatic nitrogens is 2. The van der Waals surface area contributed by atoms with Crippen molar-refractivity contribution in [2.75, 3.05) is 6.01 Å². The molecule has 2 amide bonds. The zero-order chi connectivity index (χ0) is 21.9. The maximum absolute atomic E-state index is 13.1. The molecular formula is C18H20FIN4O5S2. The second kappa shape index (κ2) is 8.67. The van der Waals surface area contributed by atoms with Crippen molar-refractivity contribution >= 4 is 51.3 Å². The normalized spacial score (nSPS) is 23.5. The van der Waals surface area contributed by atoms with Gasteiger partial charge in [-0.05, 0) is 18.7 Å². The minimum Gasteiger partial charge on any atom is -1.00 e. The Balaban J connectivity index is 0.00000272. The summed E-state index contributed by atoms with van der Waals surface area (Å²) in [7, 11) is 0. The van der Waals surface area contributed by atoms with Gasteiger partial charge in [-0.1, -0.05) is 18.3 Å². The molecule has 4 N–H and O–H groups in total. The number of carboxylic acid groups (broad SMARTS) is 1. The van der Waals surface area contributed by atoms with E-state index in [1.165, 1.54) is 23.2 Å². The first-order valence-electron chi connectivity index (χ1n) is 9.17. The fourth-order valence-electron chi connectivity index (χ4n) is 4.43. The number of hydrogen-bond donors (Lipinski definition) is 3. The van der Waals surface area contributed by atoms with Crippen molar-refractivity contribution in [3.63, 3.8) is 0 Å². The molecule has 2 aliphatic rings. The van der Waals surface area contributed by atoms with E-state index in [1.54, 1.807) is 21.5 Å². The molecule has 0 unspecified atom stereocenters. The summed E-state index contributed by atoms with van der Waals surface area (Å²) in [5.41, 5.74) is 5.70. The second-order valence-corrected chi connectivity index (χ2v) is 9.32. The van der Waals surface area contributed by atoms with Crippen molar-refractivity contribution in [2.45, 2.75) is 37.6 Å². The summed E-state index contributed by atoms with van der Waals surface area (Å²) < 4.78 is 16.3. The number of amides is 2. The van der Waals surface area contributed by atoms with Gasteiger partial charge in [0.25, 0.3) is 12.2 Å². The first-order chi connectivity index (χ1) is 14.2. The minimum absolute atomic E-state index is 0. The number of hydrogen-bond acceptors (Lipinski definition) is 6. The zero-order valence-electron chi connectivity index (χ0n) is 16.5. The van der Waals surface area contributed by atoms with Crippen LogP contribution in [-0.2, 0) is 20.9 Å².